The lowest BCUT2D eigenvalue weighted by atomic mass is 9.99. The zero-order chi connectivity index (χ0) is 19.4. The monoisotopic (exact) mass is 355 g/mol. The molecule has 25 heavy (non-hydrogen) atoms. The zero-order valence-corrected chi connectivity index (χ0v) is 17.0. The van der Waals surface area contributed by atoms with Gasteiger partial charge in [-0.15, -0.1) is 0 Å². The van der Waals surface area contributed by atoms with E-state index in [9.17, 15) is 9.59 Å². The van der Waals surface area contributed by atoms with E-state index in [1.807, 2.05) is 53.4 Å². The van der Waals surface area contributed by atoms with Gasteiger partial charge in [-0.05, 0) is 59.8 Å². The van der Waals surface area contributed by atoms with Gasteiger partial charge in [0.05, 0.1) is 12.1 Å². The topological polar surface area (TPSA) is 75.9 Å². The Balaban J connectivity index is 2.89. The van der Waals surface area contributed by atoms with Crippen molar-refractivity contribution in [2.45, 2.75) is 91.5 Å². The molecule has 2 atom stereocenters. The maximum Gasteiger partial charge on any atom is 0.410 e. The third kappa shape index (κ3) is 6.49. The summed E-state index contributed by atoms with van der Waals surface area (Å²) in [7, 11) is 0. The van der Waals surface area contributed by atoms with Crippen LogP contribution >= 0.6 is 0 Å². The Bertz CT molecular complexity index is 457. The summed E-state index contributed by atoms with van der Waals surface area (Å²) in [6.07, 6.45) is 2.62. The highest BCUT2D eigenvalue weighted by Crippen LogP contribution is 2.22. The Morgan fingerprint density at radius 2 is 1.80 bits per heavy atom. The van der Waals surface area contributed by atoms with Crippen molar-refractivity contribution in [3.63, 3.8) is 0 Å². The molecule has 6 nitrogen and oxygen atoms in total. The first-order chi connectivity index (χ1) is 11.4. The van der Waals surface area contributed by atoms with Crippen molar-refractivity contribution in [3.05, 3.63) is 0 Å². The van der Waals surface area contributed by atoms with Crippen LogP contribution in [-0.4, -0.2) is 58.6 Å². The molecule has 1 aliphatic heterocycles. The fourth-order valence-electron chi connectivity index (χ4n) is 3.01. The Hall–Kier alpha value is -1.30. The molecular weight excluding hydrogens is 318 g/mol. The van der Waals surface area contributed by atoms with Crippen LogP contribution in [0.2, 0.25) is 0 Å². The van der Waals surface area contributed by atoms with Gasteiger partial charge in [0.2, 0.25) is 5.91 Å². The van der Waals surface area contributed by atoms with E-state index < -0.39 is 11.6 Å². The molecule has 2 N–H and O–H groups in total. The summed E-state index contributed by atoms with van der Waals surface area (Å²) in [4.78, 5) is 28.9. The summed E-state index contributed by atoms with van der Waals surface area (Å²) in [6.45, 7) is 14.7. The van der Waals surface area contributed by atoms with Crippen molar-refractivity contribution in [1.82, 2.24) is 9.80 Å². The van der Waals surface area contributed by atoms with Gasteiger partial charge in [-0.2, -0.15) is 0 Å². The van der Waals surface area contributed by atoms with Crippen LogP contribution in [0.25, 0.3) is 0 Å². The highest BCUT2D eigenvalue weighted by Gasteiger charge is 2.34. The number of amides is 2. The van der Waals surface area contributed by atoms with Crippen molar-refractivity contribution >= 4 is 12.0 Å². The van der Waals surface area contributed by atoms with Crippen molar-refractivity contribution in [3.8, 4) is 0 Å². The quantitative estimate of drug-likeness (QED) is 0.822. The summed E-state index contributed by atoms with van der Waals surface area (Å²) in [5.74, 6) is 0.0433. The van der Waals surface area contributed by atoms with Crippen LogP contribution in [0.5, 0.6) is 0 Å². The fourth-order valence-corrected chi connectivity index (χ4v) is 3.01. The molecule has 1 rings (SSSR count). The molecule has 1 fully saturated rings. The van der Waals surface area contributed by atoms with Gasteiger partial charge in [-0.3, -0.25) is 4.79 Å². The summed E-state index contributed by atoms with van der Waals surface area (Å²) < 4.78 is 5.55. The van der Waals surface area contributed by atoms with E-state index in [0.29, 0.717) is 13.1 Å². The summed E-state index contributed by atoms with van der Waals surface area (Å²) in [5.41, 5.74) is 5.56. The molecular formula is C19H37N3O3. The number of carbonyl (C=O) groups excluding carboxylic acids is 2. The number of nitrogens with two attached hydrogens (primary N) is 1. The minimum atomic E-state index is -0.521. The molecule has 0 aromatic heterocycles. The van der Waals surface area contributed by atoms with Gasteiger partial charge in [0, 0.05) is 19.1 Å². The molecule has 1 saturated heterocycles. The number of nitrogens with zero attached hydrogens (tertiary/aromatic N) is 2. The number of piperidine rings is 1. The molecule has 146 valence electrons. The van der Waals surface area contributed by atoms with E-state index >= 15 is 0 Å². The van der Waals surface area contributed by atoms with Crippen LogP contribution in [0.3, 0.4) is 0 Å². The molecule has 1 aliphatic rings. The number of carbonyl (C=O) groups is 2. The second kappa shape index (κ2) is 8.88. The summed E-state index contributed by atoms with van der Waals surface area (Å²) >= 11 is 0. The normalized spacial score (nSPS) is 19.9. The van der Waals surface area contributed by atoms with Crippen molar-refractivity contribution < 1.29 is 14.3 Å². The molecule has 0 aromatic rings. The highest BCUT2D eigenvalue weighted by atomic mass is 16.6. The van der Waals surface area contributed by atoms with Gasteiger partial charge in [0.15, 0.2) is 0 Å². The van der Waals surface area contributed by atoms with E-state index in [1.54, 1.807) is 4.90 Å². The standard InChI is InChI=1S/C19H37N3O3/c1-13(2)16(20)17(23)22(14(3)4)12-15-10-8-9-11-21(15)18(24)25-19(5,6)7/h13-16H,8-12,20H2,1-7H3/t15-,16-/m0/s1. The smallest absolute Gasteiger partial charge is 0.410 e. The Kier molecular flexibility index (Phi) is 7.72. The van der Waals surface area contributed by atoms with Crippen LogP contribution in [-0.2, 0) is 9.53 Å². The van der Waals surface area contributed by atoms with E-state index in [2.05, 4.69) is 0 Å². The SMILES string of the molecule is CC(C)[C@H](N)C(=O)N(C[C@@H]1CCCCN1C(=O)OC(C)(C)C)C(C)C. The second-order valence-corrected chi connectivity index (χ2v) is 8.68. The van der Waals surface area contributed by atoms with Gasteiger partial charge < -0.3 is 20.3 Å². The first-order valence-corrected chi connectivity index (χ1v) is 9.49. The van der Waals surface area contributed by atoms with Crippen molar-refractivity contribution in [2.24, 2.45) is 11.7 Å². The fraction of sp³-hybridized carbons (Fsp3) is 0.895. The van der Waals surface area contributed by atoms with E-state index in [0.717, 1.165) is 19.3 Å². The van der Waals surface area contributed by atoms with E-state index in [4.69, 9.17) is 10.5 Å². The van der Waals surface area contributed by atoms with Crippen LogP contribution < -0.4 is 5.73 Å². The first kappa shape index (κ1) is 21.7. The molecule has 1 heterocycles. The third-order valence-electron chi connectivity index (χ3n) is 4.57. The number of rotatable bonds is 5. The minimum absolute atomic E-state index is 0.0192. The summed E-state index contributed by atoms with van der Waals surface area (Å²) in [5, 5.41) is 0. The number of likely N-dealkylation sites (tertiary alicyclic amines) is 1. The molecule has 0 aliphatic carbocycles. The predicted octanol–water partition coefficient (Wildman–Crippen LogP) is 3.00. The largest absolute Gasteiger partial charge is 0.444 e. The van der Waals surface area contributed by atoms with Gasteiger partial charge in [0.25, 0.3) is 0 Å². The Morgan fingerprint density at radius 3 is 2.28 bits per heavy atom. The van der Waals surface area contributed by atoms with Crippen LogP contribution in [0.4, 0.5) is 4.79 Å². The maximum atomic E-state index is 12.8. The number of hydrogen-bond donors (Lipinski definition) is 1. The Labute approximate surface area is 153 Å². The second-order valence-electron chi connectivity index (χ2n) is 8.68. The number of ether oxygens (including phenoxy) is 1. The molecule has 2 amide bonds. The average molecular weight is 356 g/mol. The number of hydrogen-bond acceptors (Lipinski definition) is 4. The summed E-state index contributed by atoms with van der Waals surface area (Å²) in [6, 6.07) is -0.491. The lowest BCUT2D eigenvalue weighted by Crippen LogP contribution is -2.56. The predicted molar refractivity (Wildman–Crippen MR) is 100 cm³/mol. The van der Waals surface area contributed by atoms with Gasteiger partial charge in [0.1, 0.15) is 5.60 Å². The van der Waals surface area contributed by atoms with E-state index in [1.165, 1.54) is 0 Å². The van der Waals surface area contributed by atoms with Gasteiger partial charge in [-0.25, -0.2) is 4.79 Å². The molecule has 0 bridgehead atoms. The lowest BCUT2D eigenvalue weighted by Gasteiger charge is -2.41. The van der Waals surface area contributed by atoms with Crippen LogP contribution in [0.1, 0.15) is 67.7 Å². The van der Waals surface area contributed by atoms with Crippen LogP contribution in [0, 0.1) is 5.92 Å². The zero-order valence-electron chi connectivity index (χ0n) is 17.0. The van der Waals surface area contributed by atoms with Crippen molar-refractivity contribution in [2.75, 3.05) is 13.1 Å². The molecule has 0 radical (unpaired) electrons. The minimum Gasteiger partial charge on any atom is -0.444 e. The van der Waals surface area contributed by atoms with Crippen LogP contribution in [0.15, 0.2) is 0 Å². The molecule has 0 aromatic carbocycles. The van der Waals surface area contributed by atoms with Crippen molar-refractivity contribution in [1.29, 1.82) is 0 Å². The van der Waals surface area contributed by atoms with Gasteiger partial charge >= 0.3 is 6.09 Å². The lowest BCUT2D eigenvalue weighted by molar-refractivity contribution is -0.136. The third-order valence-corrected chi connectivity index (χ3v) is 4.57. The highest BCUT2D eigenvalue weighted by molar-refractivity contribution is 5.82. The maximum absolute atomic E-state index is 12.8. The molecule has 6 heteroatoms. The Morgan fingerprint density at radius 1 is 1.20 bits per heavy atom. The molecule has 0 unspecified atom stereocenters. The van der Waals surface area contributed by atoms with E-state index in [-0.39, 0.29) is 30.0 Å². The first-order valence-electron chi connectivity index (χ1n) is 9.49. The van der Waals surface area contributed by atoms with Gasteiger partial charge in [-0.1, -0.05) is 13.8 Å². The molecule has 0 spiro atoms. The average Bonchev–Trinajstić information content (AvgIpc) is 2.49. The molecule has 0 saturated carbocycles.